The monoisotopic (exact) mass is 276 g/mol. The molecule has 0 saturated carbocycles. The average Bonchev–Trinajstić information content (AvgIpc) is 2.62. The number of aryl methyl sites for hydroxylation is 1. The normalized spacial score (nSPS) is 20.8. The lowest BCUT2D eigenvalue weighted by molar-refractivity contribution is 0.0674. The summed E-state index contributed by atoms with van der Waals surface area (Å²) in [7, 11) is 2.12. The Bertz CT molecular complexity index is 489. The fourth-order valence-electron chi connectivity index (χ4n) is 2.78. The first-order valence-electron chi connectivity index (χ1n) is 7.24. The highest BCUT2D eigenvalue weighted by atomic mass is 16.2. The first-order chi connectivity index (χ1) is 9.52. The Labute approximate surface area is 120 Å². The Morgan fingerprint density at radius 1 is 1.50 bits per heavy atom. The van der Waals surface area contributed by atoms with Crippen molar-refractivity contribution in [3.05, 3.63) is 23.5 Å². The number of anilines is 1. The van der Waals surface area contributed by atoms with Gasteiger partial charge < -0.3 is 15.5 Å². The number of aromatic nitrogens is 1. The Kier molecular flexibility index (Phi) is 4.60. The molecule has 0 aliphatic carbocycles. The van der Waals surface area contributed by atoms with Gasteiger partial charge in [0.25, 0.3) is 5.91 Å². The molecule has 5 nitrogen and oxygen atoms in total. The number of carbonyl (C=O) groups excluding carboxylic acids is 1. The molecule has 0 spiro atoms. The molecule has 1 amide bonds. The lowest BCUT2D eigenvalue weighted by Crippen LogP contribution is -2.43. The SMILES string of the molecule is CCC1CN(C)CCCN1C(=O)c1cc(N)cnc1C. The van der Waals surface area contributed by atoms with Crippen molar-refractivity contribution in [1.82, 2.24) is 14.8 Å². The van der Waals surface area contributed by atoms with Gasteiger partial charge in [-0.3, -0.25) is 9.78 Å². The van der Waals surface area contributed by atoms with Crippen LogP contribution in [0.5, 0.6) is 0 Å². The molecule has 1 aromatic rings. The van der Waals surface area contributed by atoms with E-state index in [4.69, 9.17) is 5.73 Å². The van der Waals surface area contributed by atoms with Crippen LogP contribution in [0, 0.1) is 6.92 Å². The van der Waals surface area contributed by atoms with Crippen molar-refractivity contribution in [2.24, 2.45) is 0 Å². The van der Waals surface area contributed by atoms with E-state index in [-0.39, 0.29) is 11.9 Å². The highest BCUT2D eigenvalue weighted by Crippen LogP contribution is 2.18. The van der Waals surface area contributed by atoms with E-state index in [1.165, 1.54) is 0 Å². The fourth-order valence-corrected chi connectivity index (χ4v) is 2.78. The maximum atomic E-state index is 12.8. The second-order valence-corrected chi connectivity index (χ2v) is 5.58. The highest BCUT2D eigenvalue weighted by molar-refractivity contribution is 5.96. The Morgan fingerprint density at radius 3 is 2.95 bits per heavy atom. The van der Waals surface area contributed by atoms with Crippen molar-refractivity contribution in [3.63, 3.8) is 0 Å². The summed E-state index contributed by atoms with van der Waals surface area (Å²) in [5, 5.41) is 0. The molecule has 110 valence electrons. The summed E-state index contributed by atoms with van der Waals surface area (Å²) in [5.74, 6) is 0.0597. The molecule has 1 fully saturated rings. The second kappa shape index (κ2) is 6.22. The molecule has 1 saturated heterocycles. The molecule has 2 N–H and O–H groups in total. The predicted molar refractivity (Wildman–Crippen MR) is 80.6 cm³/mol. The molecule has 0 bridgehead atoms. The van der Waals surface area contributed by atoms with Crippen LogP contribution in [0.2, 0.25) is 0 Å². The summed E-state index contributed by atoms with van der Waals surface area (Å²) in [4.78, 5) is 21.3. The van der Waals surface area contributed by atoms with Crippen LogP contribution in [0.4, 0.5) is 5.69 Å². The van der Waals surface area contributed by atoms with Crippen LogP contribution in [0.25, 0.3) is 0 Å². The summed E-state index contributed by atoms with van der Waals surface area (Å²) in [5.41, 5.74) is 7.69. The number of rotatable bonds is 2. The van der Waals surface area contributed by atoms with E-state index in [0.29, 0.717) is 11.3 Å². The molecular weight excluding hydrogens is 252 g/mol. The predicted octanol–water partition coefficient (Wildman–Crippen LogP) is 1.53. The van der Waals surface area contributed by atoms with Crippen molar-refractivity contribution < 1.29 is 4.79 Å². The number of pyridine rings is 1. The summed E-state index contributed by atoms with van der Waals surface area (Å²) in [6, 6.07) is 2.00. The van der Waals surface area contributed by atoms with Crippen LogP contribution in [0.3, 0.4) is 0 Å². The minimum atomic E-state index is 0.0597. The maximum Gasteiger partial charge on any atom is 0.256 e. The van der Waals surface area contributed by atoms with Crippen LogP contribution >= 0.6 is 0 Å². The quantitative estimate of drug-likeness (QED) is 0.890. The van der Waals surface area contributed by atoms with Crippen LogP contribution < -0.4 is 5.73 Å². The molecule has 2 heterocycles. The average molecular weight is 276 g/mol. The number of nitrogens with two attached hydrogens (primary N) is 1. The van der Waals surface area contributed by atoms with Crippen LogP contribution in [0.15, 0.2) is 12.3 Å². The van der Waals surface area contributed by atoms with Crippen molar-refractivity contribution in [1.29, 1.82) is 0 Å². The number of nitrogens with zero attached hydrogens (tertiary/aromatic N) is 3. The Hall–Kier alpha value is -1.62. The highest BCUT2D eigenvalue weighted by Gasteiger charge is 2.27. The Balaban J connectivity index is 2.27. The smallest absolute Gasteiger partial charge is 0.256 e. The summed E-state index contributed by atoms with van der Waals surface area (Å²) in [6.07, 6.45) is 3.57. The van der Waals surface area contributed by atoms with Gasteiger partial charge in [-0.2, -0.15) is 0 Å². The van der Waals surface area contributed by atoms with Gasteiger partial charge >= 0.3 is 0 Å². The van der Waals surface area contributed by atoms with E-state index < -0.39 is 0 Å². The second-order valence-electron chi connectivity index (χ2n) is 5.58. The minimum absolute atomic E-state index is 0.0597. The minimum Gasteiger partial charge on any atom is -0.397 e. The molecule has 5 heteroatoms. The number of amides is 1. The Morgan fingerprint density at radius 2 is 2.25 bits per heavy atom. The molecule has 1 atom stereocenters. The van der Waals surface area contributed by atoms with Gasteiger partial charge in [-0.05, 0) is 39.4 Å². The third-order valence-corrected chi connectivity index (χ3v) is 3.97. The fraction of sp³-hybridized carbons (Fsp3) is 0.600. The van der Waals surface area contributed by atoms with Crippen molar-refractivity contribution in [2.45, 2.75) is 32.7 Å². The maximum absolute atomic E-state index is 12.8. The third-order valence-electron chi connectivity index (χ3n) is 3.97. The molecule has 1 aliphatic heterocycles. The molecule has 1 unspecified atom stereocenters. The van der Waals surface area contributed by atoms with Crippen LogP contribution in [0.1, 0.15) is 35.8 Å². The lowest BCUT2D eigenvalue weighted by Gasteiger charge is -2.30. The van der Waals surface area contributed by atoms with Crippen LogP contribution in [-0.4, -0.2) is 53.4 Å². The van der Waals surface area contributed by atoms with Gasteiger partial charge in [0.15, 0.2) is 0 Å². The van der Waals surface area contributed by atoms with Gasteiger partial charge in [-0.15, -0.1) is 0 Å². The van der Waals surface area contributed by atoms with E-state index >= 15 is 0 Å². The van der Waals surface area contributed by atoms with Crippen molar-refractivity contribution in [2.75, 3.05) is 32.4 Å². The molecule has 1 aliphatic rings. The summed E-state index contributed by atoms with van der Waals surface area (Å²) >= 11 is 0. The standard InChI is InChI=1S/C15H24N4O/c1-4-13-10-18(3)6-5-7-19(13)15(20)14-8-12(16)9-17-11(14)2/h8-9,13H,4-7,10,16H2,1-3H3. The first-order valence-corrected chi connectivity index (χ1v) is 7.24. The van der Waals surface area contributed by atoms with E-state index in [0.717, 1.165) is 38.2 Å². The van der Waals surface area contributed by atoms with Gasteiger partial charge in [0.05, 0.1) is 23.1 Å². The number of hydrogen-bond donors (Lipinski definition) is 1. The molecule has 0 radical (unpaired) electrons. The zero-order valence-electron chi connectivity index (χ0n) is 12.6. The van der Waals surface area contributed by atoms with E-state index in [1.807, 2.05) is 11.8 Å². The van der Waals surface area contributed by atoms with E-state index in [9.17, 15) is 4.79 Å². The van der Waals surface area contributed by atoms with E-state index in [1.54, 1.807) is 12.3 Å². The summed E-state index contributed by atoms with van der Waals surface area (Å²) in [6.45, 7) is 6.76. The van der Waals surface area contributed by atoms with Gasteiger partial charge in [0, 0.05) is 19.1 Å². The van der Waals surface area contributed by atoms with Crippen LogP contribution in [-0.2, 0) is 0 Å². The molecule has 1 aromatic heterocycles. The van der Waals surface area contributed by atoms with E-state index in [2.05, 4.69) is 23.9 Å². The van der Waals surface area contributed by atoms with Gasteiger partial charge in [-0.1, -0.05) is 6.92 Å². The van der Waals surface area contributed by atoms with Gasteiger partial charge in [0.2, 0.25) is 0 Å². The zero-order chi connectivity index (χ0) is 14.7. The molecule has 0 aromatic carbocycles. The molecular formula is C15H24N4O. The number of carbonyl (C=O) groups is 1. The topological polar surface area (TPSA) is 62.5 Å². The van der Waals surface area contributed by atoms with Gasteiger partial charge in [0.1, 0.15) is 0 Å². The van der Waals surface area contributed by atoms with Gasteiger partial charge in [-0.25, -0.2) is 0 Å². The largest absolute Gasteiger partial charge is 0.397 e. The van der Waals surface area contributed by atoms with Crippen molar-refractivity contribution >= 4 is 11.6 Å². The number of nitrogen functional groups attached to an aromatic ring is 1. The molecule has 20 heavy (non-hydrogen) atoms. The third kappa shape index (κ3) is 3.10. The zero-order valence-corrected chi connectivity index (χ0v) is 12.6. The number of hydrogen-bond acceptors (Lipinski definition) is 4. The lowest BCUT2D eigenvalue weighted by atomic mass is 10.1. The molecule has 2 rings (SSSR count). The van der Waals surface area contributed by atoms with Crippen molar-refractivity contribution in [3.8, 4) is 0 Å². The first kappa shape index (κ1) is 14.8. The summed E-state index contributed by atoms with van der Waals surface area (Å²) < 4.78 is 0. The number of likely N-dealkylation sites (N-methyl/N-ethyl adjacent to an activating group) is 1.